The summed E-state index contributed by atoms with van der Waals surface area (Å²) in [5.41, 5.74) is 4.45. The first-order valence-corrected chi connectivity index (χ1v) is 6.37. The Balaban J connectivity index is 1.95. The van der Waals surface area contributed by atoms with Crippen LogP contribution in [-0.4, -0.2) is 6.21 Å². The van der Waals surface area contributed by atoms with Crippen LogP contribution >= 0.6 is 23.2 Å². The van der Waals surface area contributed by atoms with Gasteiger partial charge in [-0.15, -0.1) is 0 Å². The highest BCUT2D eigenvalue weighted by atomic mass is 35.5. The molecule has 0 bridgehead atoms. The number of benzene rings is 2. The van der Waals surface area contributed by atoms with E-state index in [4.69, 9.17) is 23.2 Å². The number of halogens is 3. The molecule has 98 valence electrons. The lowest BCUT2D eigenvalue weighted by Gasteiger charge is -2.05. The van der Waals surface area contributed by atoms with Crippen LogP contribution in [0.1, 0.15) is 11.1 Å². The quantitative estimate of drug-likeness (QED) is 0.662. The van der Waals surface area contributed by atoms with Crippen LogP contribution in [0.3, 0.4) is 0 Å². The third kappa shape index (κ3) is 3.94. The van der Waals surface area contributed by atoms with Gasteiger partial charge in [0.2, 0.25) is 0 Å². The van der Waals surface area contributed by atoms with Crippen molar-refractivity contribution in [3.05, 3.63) is 69.5 Å². The van der Waals surface area contributed by atoms with Crippen molar-refractivity contribution in [3.8, 4) is 0 Å². The van der Waals surface area contributed by atoms with Crippen LogP contribution in [0.25, 0.3) is 0 Å². The zero-order chi connectivity index (χ0) is 13.7. The smallest absolute Gasteiger partial charge is 0.123 e. The highest BCUT2D eigenvalue weighted by Gasteiger charge is 2.03. The van der Waals surface area contributed by atoms with Crippen LogP contribution in [0.15, 0.2) is 47.6 Å². The highest BCUT2D eigenvalue weighted by molar-refractivity contribution is 6.35. The van der Waals surface area contributed by atoms with E-state index in [0.717, 1.165) is 11.1 Å². The van der Waals surface area contributed by atoms with E-state index < -0.39 is 0 Å². The first-order valence-electron chi connectivity index (χ1n) is 5.61. The SMILES string of the molecule is Fc1ccc(/C=N\NCc2c(Cl)cccc2Cl)cc1. The number of rotatable bonds is 4. The van der Waals surface area contributed by atoms with Crippen molar-refractivity contribution in [1.82, 2.24) is 5.43 Å². The van der Waals surface area contributed by atoms with Crippen molar-refractivity contribution in [3.63, 3.8) is 0 Å². The Morgan fingerprint density at radius 3 is 2.32 bits per heavy atom. The van der Waals surface area contributed by atoms with Gasteiger partial charge in [0.25, 0.3) is 0 Å². The van der Waals surface area contributed by atoms with E-state index in [-0.39, 0.29) is 5.82 Å². The van der Waals surface area contributed by atoms with E-state index in [1.165, 1.54) is 12.1 Å². The van der Waals surface area contributed by atoms with Gasteiger partial charge in [0.15, 0.2) is 0 Å². The summed E-state index contributed by atoms with van der Waals surface area (Å²) < 4.78 is 12.7. The van der Waals surface area contributed by atoms with Gasteiger partial charge in [-0.1, -0.05) is 41.4 Å². The number of nitrogens with one attached hydrogen (secondary N) is 1. The van der Waals surface area contributed by atoms with E-state index in [0.29, 0.717) is 16.6 Å². The maximum atomic E-state index is 12.7. The van der Waals surface area contributed by atoms with Crippen molar-refractivity contribution in [2.24, 2.45) is 5.10 Å². The van der Waals surface area contributed by atoms with Crippen molar-refractivity contribution >= 4 is 29.4 Å². The van der Waals surface area contributed by atoms with E-state index >= 15 is 0 Å². The Labute approximate surface area is 120 Å². The summed E-state index contributed by atoms with van der Waals surface area (Å²) in [5.74, 6) is -0.270. The molecule has 0 atom stereocenters. The molecule has 1 N–H and O–H groups in total. The number of hydrogen-bond donors (Lipinski definition) is 1. The lowest BCUT2D eigenvalue weighted by molar-refractivity contribution is 0.628. The van der Waals surface area contributed by atoms with Crippen LogP contribution in [0.5, 0.6) is 0 Å². The topological polar surface area (TPSA) is 24.4 Å². The van der Waals surface area contributed by atoms with Crippen molar-refractivity contribution in [1.29, 1.82) is 0 Å². The molecule has 5 heteroatoms. The second kappa shape index (κ2) is 6.55. The number of hydrazone groups is 1. The minimum Gasteiger partial charge on any atom is -0.306 e. The first-order chi connectivity index (χ1) is 9.16. The Morgan fingerprint density at radius 2 is 1.68 bits per heavy atom. The molecule has 0 spiro atoms. The fourth-order valence-corrected chi connectivity index (χ4v) is 2.03. The second-order valence-electron chi connectivity index (χ2n) is 3.84. The molecule has 0 saturated carbocycles. The summed E-state index contributed by atoms with van der Waals surface area (Å²) in [7, 11) is 0. The van der Waals surface area contributed by atoms with Crippen molar-refractivity contribution in [2.45, 2.75) is 6.54 Å². The second-order valence-corrected chi connectivity index (χ2v) is 4.66. The molecule has 2 rings (SSSR count). The predicted octanol–water partition coefficient (Wildman–Crippen LogP) is 4.26. The molecular formula is C14H11Cl2FN2. The molecular weight excluding hydrogens is 286 g/mol. The fraction of sp³-hybridized carbons (Fsp3) is 0.0714. The van der Waals surface area contributed by atoms with E-state index in [9.17, 15) is 4.39 Å². The lowest BCUT2D eigenvalue weighted by atomic mass is 10.2. The minimum atomic E-state index is -0.270. The lowest BCUT2D eigenvalue weighted by Crippen LogP contribution is -2.06. The van der Waals surface area contributed by atoms with Gasteiger partial charge < -0.3 is 5.43 Å². The molecule has 0 unspecified atom stereocenters. The molecule has 2 aromatic rings. The summed E-state index contributed by atoms with van der Waals surface area (Å²) in [6.45, 7) is 0.427. The van der Waals surface area contributed by atoms with Gasteiger partial charge in [0, 0.05) is 15.6 Å². The van der Waals surface area contributed by atoms with Gasteiger partial charge in [-0.05, 0) is 29.8 Å². The Morgan fingerprint density at radius 1 is 1.05 bits per heavy atom. The molecule has 0 radical (unpaired) electrons. The predicted molar refractivity (Wildman–Crippen MR) is 77.3 cm³/mol. The third-order valence-corrected chi connectivity index (χ3v) is 3.20. The van der Waals surface area contributed by atoms with E-state index in [1.54, 1.807) is 36.5 Å². The molecule has 0 aliphatic carbocycles. The zero-order valence-corrected chi connectivity index (χ0v) is 11.4. The molecule has 19 heavy (non-hydrogen) atoms. The average molecular weight is 297 g/mol. The maximum absolute atomic E-state index is 12.7. The fourth-order valence-electron chi connectivity index (χ4n) is 1.49. The molecule has 2 nitrogen and oxygen atoms in total. The van der Waals surface area contributed by atoms with Gasteiger partial charge in [0.1, 0.15) is 5.82 Å². The molecule has 0 fully saturated rings. The van der Waals surface area contributed by atoms with Gasteiger partial charge in [0.05, 0.1) is 12.8 Å². The minimum absolute atomic E-state index is 0.270. The molecule has 0 saturated heterocycles. The van der Waals surface area contributed by atoms with Crippen LogP contribution in [0.2, 0.25) is 10.0 Å². The Hall–Kier alpha value is -1.58. The Kier molecular flexibility index (Phi) is 4.77. The molecule has 0 aromatic heterocycles. The molecule has 0 aliphatic heterocycles. The molecule has 0 aliphatic rings. The summed E-state index contributed by atoms with van der Waals surface area (Å²) in [6.07, 6.45) is 1.60. The van der Waals surface area contributed by atoms with Crippen molar-refractivity contribution in [2.75, 3.05) is 0 Å². The summed E-state index contributed by atoms with van der Waals surface area (Å²) in [6, 6.07) is 11.4. The Bertz CT molecular complexity index is 562. The molecule has 0 amide bonds. The maximum Gasteiger partial charge on any atom is 0.123 e. The monoisotopic (exact) mass is 296 g/mol. The summed E-state index contributed by atoms with van der Waals surface area (Å²) in [4.78, 5) is 0. The highest BCUT2D eigenvalue weighted by Crippen LogP contribution is 2.23. The normalized spacial score (nSPS) is 10.9. The number of hydrogen-bond acceptors (Lipinski definition) is 2. The van der Waals surface area contributed by atoms with Crippen LogP contribution in [-0.2, 0) is 6.54 Å². The largest absolute Gasteiger partial charge is 0.306 e. The zero-order valence-electron chi connectivity index (χ0n) is 9.91. The third-order valence-electron chi connectivity index (χ3n) is 2.49. The average Bonchev–Trinajstić information content (AvgIpc) is 2.39. The standard InChI is InChI=1S/C14H11Cl2FN2/c15-13-2-1-3-14(16)12(13)9-19-18-8-10-4-6-11(17)7-5-10/h1-8,19H,9H2/b18-8-. The van der Waals surface area contributed by atoms with E-state index in [2.05, 4.69) is 10.5 Å². The van der Waals surface area contributed by atoms with Crippen LogP contribution in [0.4, 0.5) is 4.39 Å². The molecule has 0 heterocycles. The van der Waals surface area contributed by atoms with Gasteiger partial charge in [-0.2, -0.15) is 5.10 Å². The van der Waals surface area contributed by atoms with Crippen LogP contribution in [0, 0.1) is 5.82 Å². The van der Waals surface area contributed by atoms with Crippen LogP contribution < -0.4 is 5.43 Å². The summed E-state index contributed by atoms with van der Waals surface area (Å²) in [5, 5.41) is 5.22. The van der Waals surface area contributed by atoms with Gasteiger partial charge >= 0.3 is 0 Å². The van der Waals surface area contributed by atoms with Gasteiger partial charge in [-0.3, -0.25) is 0 Å². The van der Waals surface area contributed by atoms with Crippen molar-refractivity contribution < 1.29 is 4.39 Å². The van der Waals surface area contributed by atoms with Gasteiger partial charge in [-0.25, -0.2) is 4.39 Å². The number of nitrogens with zero attached hydrogens (tertiary/aromatic N) is 1. The van der Waals surface area contributed by atoms with E-state index in [1.807, 2.05) is 0 Å². The molecule has 2 aromatic carbocycles. The summed E-state index contributed by atoms with van der Waals surface area (Å²) >= 11 is 12.0. The first kappa shape index (κ1) is 13.8.